The van der Waals surface area contributed by atoms with Gasteiger partial charge in [-0.3, -0.25) is 4.79 Å². The van der Waals surface area contributed by atoms with Crippen molar-refractivity contribution in [3.05, 3.63) is 0 Å². The number of rotatable bonds is 2. The molecule has 0 heterocycles. The molecule has 0 aliphatic rings. The smallest absolute Gasteiger partial charge is 1.00 e. The van der Waals surface area contributed by atoms with Crippen LogP contribution in [0.3, 0.4) is 0 Å². The fourth-order valence-corrected chi connectivity index (χ4v) is 0.151. The number of hydrogen-bond donors (Lipinski definition) is 2. The molecule has 46 valence electrons. The Hall–Kier alpha value is 0.390. The van der Waals surface area contributed by atoms with Crippen molar-refractivity contribution >= 4 is 5.97 Å². The largest absolute Gasteiger partial charge is 1.00 e. The van der Waals surface area contributed by atoms with Gasteiger partial charge in [0.05, 0.1) is 6.54 Å². The molecule has 0 bridgehead atoms. The third-order valence-corrected chi connectivity index (χ3v) is 0.328. The number of likely N-dealkylation sites (N-methyl/N-ethyl adjacent to an activating group) is 1. The first kappa shape index (κ1) is 15.8. The molecule has 4 nitrogen and oxygen atoms in total. The number of aliphatic carboxylic acids is 1. The van der Waals surface area contributed by atoms with Crippen molar-refractivity contribution in [1.82, 2.24) is 5.32 Å². The molecule has 0 radical (unpaired) electrons. The van der Waals surface area contributed by atoms with Crippen molar-refractivity contribution in [2.24, 2.45) is 0 Å². The van der Waals surface area contributed by atoms with Gasteiger partial charge in [0.2, 0.25) is 0 Å². The average Bonchev–Trinajstić information content (AvgIpc) is 1.35. The van der Waals surface area contributed by atoms with Crippen LogP contribution in [0.25, 0.3) is 0 Å². The van der Waals surface area contributed by atoms with Crippen LogP contribution in [0.1, 0.15) is 1.43 Å². The minimum Gasteiger partial charge on any atom is -1.00 e. The first-order valence-corrected chi connectivity index (χ1v) is 1.63. The maximum absolute atomic E-state index is 9.54. The Bertz CT molecular complexity index is 63.0. The van der Waals surface area contributed by atoms with E-state index < -0.39 is 5.97 Å². The summed E-state index contributed by atoms with van der Waals surface area (Å²) in [6.07, 6.45) is 0. The summed E-state index contributed by atoms with van der Waals surface area (Å²) < 4.78 is 0. The summed E-state index contributed by atoms with van der Waals surface area (Å²) in [5, 5.41) is 10.3. The van der Waals surface area contributed by atoms with Gasteiger partial charge in [-0.15, -0.1) is 0 Å². The van der Waals surface area contributed by atoms with E-state index in [9.17, 15) is 4.79 Å². The molecule has 0 aromatic heterocycles. The minimum atomic E-state index is -0.822. The van der Waals surface area contributed by atoms with E-state index in [4.69, 9.17) is 5.11 Å². The van der Waals surface area contributed by atoms with Crippen molar-refractivity contribution in [3.8, 4) is 0 Å². The van der Waals surface area contributed by atoms with Crippen LogP contribution < -0.4 is 34.9 Å². The van der Waals surface area contributed by atoms with E-state index in [1.807, 2.05) is 0 Å². The van der Waals surface area contributed by atoms with Crippen molar-refractivity contribution in [3.63, 3.8) is 0 Å². The molecule has 0 unspecified atom stereocenters. The Morgan fingerprint density at radius 1 is 1.88 bits per heavy atom. The summed E-state index contributed by atoms with van der Waals surface area (Å²) in [5.41, 5.74) is 0. The van der Waals surface area contributed by atoms with Crippen LogP contribution in [-0.2, 0) is 4.79 Å². The average molecular weight is 131 g/mol. The van der Waals surface area contributed by atoms with Gasteiger partial charge in [-0.25, -0.2) is 0 Å². The molecule has 0 aromatic rings. The number of nitrogens with one attached hydrogen (secondary N) is 1. The molecule has 0 amide bonds. The second-order valence-corrected chi connectivity index (χ2v) is 0.924. The Balaban J connectivity index is -0.0000000417. The van der Waals surface area contributed by atoms with Crippen molar-refractivity contribution in [2.75, 3.05) is 13.6 Å². The molecule has 5 heteroatoms. The fourth-order valence-electron chi connectivity index (χ4n) is 0.151. The molecule has 0 aromatic carbocycles. The summed E-state index contributed by atoms with van der Waals surface area (Å²) in [6, 6.07) is 0. The fraction of sp³-hybridized carbons (Fsp3) is 0.667. The van der Waals surface area contributed by atoms with E-state index in [1.54, 1.807) is 7.05 Å². The Labute approximate surface area is 71.4 Å². The van der Waals surface area contributed by atoms with Gasteiger partial charge in [-0.1, -0.05) is 0 Å². The van der Waals surface area contributed by atoms with E-state index >= 15 is 0 Å². The maximum Gasteiger partial charge on any atom is 1.00 e. The number of carboxylic acid groups (broad SMARTS) is 1. The summed E-state index contributed by atoms with van der Waals surface area (Å²) in [5.74, 6) is -0.822. The molecule has 0 spiro atoms. The standard InChI is InChI=1S/C3H7NO2.Na.H2O.H/c1-4-2-3(5)6;;;/h4H,2H2,1H3,(H,5,6);;1H2;/q;+1;;-1. The maximum atomic E-state index is 9.54. The Morgan fingerprint density at radius 3 is 2.25 bits per heavy atom. The van der Waals surface area contributed by atoms with Gasteiger partial charge in [-0.2, -0.15) is 0 Å². The molecule has 0 rings (SSSR count). The van der Waals surface area contributed by atoms with Crippen LogP contribution in [0.4, 0.5) is 0 Å². The molecule has 0 aliphatic heterocycles. The topological polar surface area (TPSA) is 80.8 Å². The van der Waals surface area contributed by atoms with E-state index in [2.05, 4.69) is 5.32 Å². The van der Waals surface area contributed by atoms with Gasteiger partial charge < -0.3 is 17.3 Å². The molecule has 0 aliphatic carbocycles. The van der Waals surface area contributed by atoms with Gasteiger partial charge in [0, 0.05) is 0 Å². The van der Waals surface area contributed by atoms with Crippen molar-refractivity contribution in [2.45, 2.75) is 0 Å². The van der Waals surface area contributed by atoms with E-state index in [0.29, 0.717) is 0 Å². The Kier molecular flexibility index (Phi) is 20.5. The van der Waals surface area contributed by atoms with Crippen molar-refractivity contribution < 1.29 is 46.4 Å². The second-order valence-electron chi connectivity index (χ2n) is 0.924. The van der Waals surface area contributed by atoms with E-state index in [0.717, 1.165) is 0 Å². The number of carbonyl (C=O) groups is 1. The zero-order valence-corrected chi connectivity index (χ0v) is 7.06. The first-order valence-electron chi connectivity index (χ1n) is 1.63. The second kappa shape index (κ2) is 10.4. The van der Waals surface area contributed by atoms with Crippen molar-refractivity contribution in [1.29, 1.82) is 0 Å². The van der Waals surface area contributed by atoms with Crippen LogP contribution in [0.5, 0.6) is 0 Å². The Morgan fingerprint density at radius 2 is 2.25 bits per heavy atom. The van der Waals surface area contributed by atoms with Crippen LogP contribution in [0, 0.1) is 0 Å². The molecular formula is C3H10NNaO3. The van der Waals surface area contributed by atoms with Gasteiger partial charge in [0.15, 0.2) is 0 Å². The third-order valence-electron chi connectivity index (χ3n) is 0.328. The molecule has 0 saturated carbocycles. The zero-order valence-electron chi connectivity index (χ0n) is 6.06. The van der Waals surface area contributed by atoms with E-state index in [1.165, 1.54) is 0 Å². The van der Waals surface area contributed by atoms with Crippen LogP contribution >= 0.6 is 0 Å². The quantitative estimate of drug-likeness (QED) is 0.371. The molecule has 4 N–H and O–H groups in total. The zero-order chi connectivity index (χ0) is 4.99. The SMILES string of the molecule is CNCC(=O)O.O.[H-].[Na+]. The summed E-state index contributed by atoms with van der Waals surface area (Å²) >= 11 is 0. The normalized spacial score (nSPS) is 6.12. The third kappa shape index (κ3) is 16.2. The van der Waals surface area contributed by atoms with Gasteiger partial charge in [0.1, 0.15) is 0 Å². The minimum absolute atomic E-state index is 0. The van der Waals surface area contributed by atoms with Gasteiger partial charge in [-0.05, 0) is 7.05 Å². The van der Waals surface area contributed by atoms with Crippen LogP contribution in [-0.4, -0.2) is 30.1 Å². The van der Waals surface area contributed by atoms with E-state index in [-0.39, 0.29) is 43.0 Å². The molecule has 0 saturated heterocycles. The van der Waals surface area contributed by atoms with Gasteiger partial charge in [0.25, 0.3) is 0 Å². The molecule has 8 heavy (non-hydrogen) atoms. The molecular weight excluding hydrogens is 121 g/mol. The van der Waals surface area contributed by atoms with Crippen LogP contribution in [0.2, 0.25) is 0 Å². The molecule has 0 atom stereocenters. The first-order chi connectivity index (χ1) is 2.77. The van der Waals surface area contributed by atoms with Crippen LogP contribution in [0.15, 0.2) is 0 Å². The number of carboxylic acids is 1. The summed E-state index contributed by atoms with van der Waals surface area (Å²) in [6.45, 7) is 0.0417. The summed E-state index contributed by atoms with van der Waals surface area (Å²) in [4.78, 5) is 9.54. The monoisotopic (exact) mass is 131 g/mol. The molecule has 0 fully saturated rings. The predicted octanol–water partition coefficient (Wildman–Crippen LogP) is -4.42. The number of hydrogen-bond acceptors (Lipinski definition) is 2. The summed E-state index contributed by atoms with van der Waals surface area (Å²) in [7, 11) is 1.59. The predicted molar refractivity (Wildman–Crippen MR) is 26.3 cm³/mol. The van der Waals surface area contributed by atoms with Gasteiger partial charge >= 0.3 is 35.5 Å².